The smallest absolute Gasteiger partial charge is 0.184 e. The van der Waals surface area contributed by atoms with E-state index in [-0.39, 0.29) is 18.3 Å². The molecule has 1 aromatic rings. The van der Waals surface area contributed by atoms with E-state index >= 15 is 0 Å². The maximum atomic E-state index is 10.3. The molecule has 22 heavy (non-hydrogen) atoms. The van der Waals surface area contributed by atoms with Crippen LogP contribution < -0.4 is 4.74 Å². The molecule has 0 saturated carbocycles. The van der Waals surface area contributed by atoms with E-state index in [4.69, 9.17) is 18.9 Å². The van der Waals surface area contributed by atoms with Gasteiger partial charge in [0.2, 0.25) is 0 Å². The van der Waals surface area contributed by atoms with Gasteiger partial charge in [-0.15, -0.1) is 6.58 Å². The lowest BCUT2D eigenvalue weighted by molar-refractivity contribution is -0.309. The van der Waals surface area contributed by atoms with Gasteiger partial charge in [-0.1, -0.05) is 18.2 Å². The fourth-order valence-corrected chi connectivity index (χ4v) is 2.98. The zero-order valence-corrected chi connectivity index (χ0v) is 12.7. The number of benzene rings is 1. The summed E-state index contributed by atoms with van der Waals surface area (Å²) >= 11 is 0. The summed E-state index contributed by atoms with van der Waals surface area (Å²) in [5.74, 6) is 0.783. The Kier molecular flexibility index (Phi) is 4.78. The summed E-state index contributed by atoms with van der Waals surface area (Å²) in [6.07, 6.45) is 1.45. The Bertz CT molecular complexity index is 500. The lowest BCUT2D eigenvalue weighted by Gasteiger charge is -2.44. The maximum absolute atomic E-state index is 10.3. The SMILES string of the molecule is C=CC[C@@H]1C[C@@H](O)[C@@H]2OC(c3ccc(OC)cc3)OC[C@H]2O1. The van der Waals surface area contributed by atoms with E-state index in [0.29, 0.717) is 13.0 Å². The van der Waals surface area contributed by atoms with Crippen molar-refractivity contribution in [3.63, 3.8) is 0 Å². The quantitative estimate of drug-likeness (QED) is 0.864. The molecule has 1 N–H and O–H groups in total. The number of fused-ring (bicyclic) bond motifs is 1. The van der Waals surface area contributed by atoms with Crippen LogP contribution in [0.25, 0.3) is 0 Å². The first-order valence-electron chi connectivity index (χ1n) is 7.56. The molecular formula is C17H22O5. The highest BCUT2D eigenvalue weighted by Crippen LogP contribution is 2.34. The molecule has 2 saturated heterocycles. The summed E-state index contributed by atoms with van der Waals surface area (Å²) in [4.78, 5) is 0. The van der Waals surface area contributed by atoms with Gasteiger partial charge in [0.05, 0.1) is 25.9 Å². The van der Waals surface area contributed by atoms with Crippen LogP contribution in [0.15, 0.2) is 36.9 Å². The Balaban J connectivity index is 1.66. The summed E-state index contributed by atoms with van der Waals surface area (Å²) in [5, 5.41) is 10.3. The molecule has 120 valence electrons. The molecule has 0 aliphatic carbocycles. The van der Waals surface area contributed by atoms with Crippen molar-refractivity contribution in [3.8, 4) is 5.75 Å². The first-order chi connectivity index (χ1) is 10.7. The molecule has 0 radical (unpaired) electrons. The molecule has 2 fully saturated rings. The van der Waals surface area contributed by atoms with Gasteiger partial charge >= 0.3 is 0 Å². The number of aliphatic hydroxyl groups is 1. The lowest BCUT2D eigenvalue weighted by atomic mass is 9.95. The molecule has 2 heterocycles. The zero-order valence-electron chi connectivity index (χ0n) is 12.7. The molecule has 5 atom stereocenters. The van der Waals surface area contributed by atoms with Crippen molar-refractivity contribution in [2.75, 3.05) is 13.7 Å². The first-order valence-corrected chi connectivity index (χ1v) is 7.56. The second kappa shape index (κ2) is 6.79. The van der Waals surface area contributed by atoms with Crippen LogP contribution in [-0.2, 0) is 14.2 Å². The van der Waals surface area contributed by atoms with E-state index in [0.717, 1.165) is 17.7 Å². The standard InChI is InChI=1S/C17H22O5/c1-3-4-13-9-14(18)16-15(21-13)10-20-17(22-16)11-5-7-12(19-2)8-6-11/h3,5-8,13-18H,1,4,9-10H2,2H3/t13-,14-,15-,16+,17?/m1/s1. The average Bonchev–Trinajstić information content (AvgIpc) is 2.55. The third-order valence-corrected chi connectivity index (χ3v) is 4.13. The van der Waals surface area contributed by atoms with Gasteiger partial charge in [-0.25, -0.2) is 0 Å². The topological polar surface area (TPSA) is 57.2 Å². The molecule has 5 nitrogen and oxygen atoms in total. The zero-order chi connectivity index (χ0) is 15.5. The second-order valence-electron chi connectivity index (χ2n) is 5.66. The Labute approximate surface area is 130 Å². The van der Waals surface area contributed by atoms with Crippen molar-refractivity contribution < 1.29 is 24.1 Å². The van der Waals surface area contributed by atoms with Crippen molar-refractivity contribution >= 4 is 0 Å². The summed E-state index contributed by atoms with van der Waals surface area (Å²) in [6, 6.07) is 7.53. The van der Waals surface area contributed by atoms with E-state index in [1.54, 1.807) is 7.11 Å². The second-order valence-corrected chi connectivity index (χ2v) is 5.66. The minimum Gasteiger partial charge on any atom is -0.497 e. The van der Waals surface area contributed by atoms with Gasteiger partial charge in [-0.05, 0) is 18.6 Å². The average molecular weight is 306 g/mol. The highest BCUT2D eigenvalue weighted by molar-refractivity contribution is 5.28. The fourth-order valence-electron chi connectivity index (χ4n) is 2.98. The number of methoxy groups -OCH3 is 1. The Morgan fingerprint density at radius 1 is 1.32 bits per heavy atom. The van der Waals surface area contributed by atoms with E-state index in [1.807, 2.05) is 30.3 Å². The van der Waals surface area contributed by atoms with Crippen LogP contribution >= 0.6 is 0 Å². The first kappa shape index (κ1) is 15.5. The van der Waals surface area contributed by atoms with E-state index in [2.05, 4.69) is 6.58 Å². The Hall–Kier alpha value is -1.40. The molecule has 0 amide bonds. The van der Waals surface area contributed by atoms with Gasteiger partial charge in [0.15, 0.2) is 6.29 Å². The van der Waals surface area contributed by atoms with Crippen molar-refractivity contribution in [3.05, 3.63) is 42.5 Å². The fraction of sp³-hybridized carbons (Fsp3) is 0.529. The molecule has 1 unspecified atom stereocenters. The van der Waals surface area contributed by atoms with Gasteiger partial charge < -0.3 is 24.1 Å². The van der Waals surface area contributed by atoms with Crippen molar-refractivity contribution in [1.82, 2.24) is 0 Å². The van der Waals surface area contributed by atoms with Crippen molar-refractivity contribution in [2.24, 2.45) is 0 Å². The molecule has 3 rings (SSSR count). The predicted molar refractivity (Wildman–Crippen MR) is 80.7 cm³/mol. The van der Waals surface area contributed by atoms with Crippen molar-refractivity contribution in [1.29, 1.82) is 0 Å². The summed E-state index contributed by atoms with van der Waals surface area (Å²) in [7, 11) is 1.63. The van der Waals surface area contributed by atoms with Gasteiger partial charge in [-0.3, -0.25) is 0 Å². The number of rotatable bonds is 4. The van der Waals surface area contributed by atoms with E-state index in [1.165, 1.54) is 0 Å². The van der Waals surface area contributed by atoms with Crippen LogP contribution in [0.4, 0.5) is 0 Å². The van der Waals surface area contributed by atoms with Crippen LogP contribution in [-0.4, -0.2) is 43.2 Å². The van der Waals surface area contributed by atoms with Gasteiger partial charge in [0.1, 0.15) is 18.0 Å². The lowest BCUT2D eigenvalue weighted by Crippen LogP contribution is -2.54. The number of hydrogen-bond donors (Lipinski definition) is 1. The van der Waals surface area contributed by atoms with Crippen LogP contribution in [0.2, 0.25) is 0 Å². The highest BCUT2D eigenvalue weighted by atomic mass is 16.7. The molecular weight excluding hydrogens is 284 g/mol. The summed E-state index contributed by atoms with van der Waals surface area (Å²) < 4.78 is 22.7. The Morgan fingerprint density at radius 2 is 2.09 bits per heavy atom. The largest absolute Gasteiger partial charge is 0.497 e. The minimum atomic E-state index is -0.548. The molecule has 0 aromatic heterocycles. The molecule has 5 heteroatoms. The van der Waals surface area contributed by atoms with Gasteiger partial charge in [-0.2, -0.15) is 0 Å². The number of aliphatic hydroxyl groups excluding tert-OH is 1. The van der Waals surface area contributed by atoms with Gasteiger partial charge in [0.25, 0.3) is 0 Å². The van der Waals surface area contributed by atoms with Crippen LogP contribution in [0.5, 0.6) is 5.75 Å². The third-order valence-electron chi connectivity index (χ3n) is 4.13. The highest BCUT2D eigenvalue weighted by Gasteiger charge is 2.43. The molecule has 2 aliphatic rings. The molecule has 0 spiro atoms. The van der Waals surface area contributed by atoms with Crippen molar-refractivity contribution in [2.45, 2.75) is 43.5 Å². The molecule has 0 bridgehead atoms. The third kappa shape index (κ3) is 3.17. The van der Waals surface area contributed by atoms with Crippen LogP contribution in [0, 0.1) is 0 Å². The predicted octanol–water partition coefficient (Wildman–Crippen LogP) is 2.20. The number of hydrogen-bond acceptors (Lipinski definition) is 5. The molecule has 2 aliphatic heterocycles. The number of ether oxygens (including phenoxy) is 4. The normalized spacial score (nSPS) is 34.7. The van der Waals surface area contributed by atoms with E-state index < -0.39 is 12.4 Å². The Morgan fingerprint density at radius 3 is 2.77 bits per heavy atom. The maximum Gasteiger partial charge on any atom is 0.184 e. The van der Waals surface area contributed by atoms with Gasteiger partial charge in [0, 0.05) is 12.0 Å². The van der Waals surface area contributed by atoms with E-state index in [9.17, 15) is 5.11 Å². The monoisotopic (exact) mass is 306 g/mol. The minimum absolute atomic E-state index is 0.0153. The van der Waals surface area contributed by atoms with Crippen LogP contribution in [0.1, 0.15) is 24.7 Å². The molecule has 1 aromatic carbocycles. The summed E-state index contributed by atoms with van der Waals surface area (Å²) in [6.45, 7) is 4.12. The van der Waals surface area contributed by atoms with Crippen LogP contribution in [0.3, 0.4) is 0 Å². The summed E-state index contributed by atoms with van der Waals surface area (Å²) in [5.41, 5.74) is 0.902.